The molecule has 0 aliphatic rings. The zero-order chi connectivity index (χ0) is 14.5. The lowest BCUT2D eigenvalue weighted by atomic mass is 10.1. The average molecular weight is 277 g/mol. The Morgan fingerprint density at radius 3 is 2.60 bits per heavy atom. The third-order valence-corrected chi connectivity index (χ3v) is 3.24. The van der Waals surface area contributed by atoms with E-state index < -0.39 is 11.6 Å². The van der Waals surface area contributed by atoms with Crippen molar-refractivity contribution in [3.05, 3.63) is 65.2 Å². The summed E-state index contributed by atoms with van der Waals surface area (Å²) in [7, 11) is 1.61. The number of nitrogens with one attached hydrogen (secondary N) is 1. The van der Waals surface area contributed by atoms with Crippen molar-refractivity contribution in [1.82, 2.24) is 5.32 Å². The largest absolute Gasteiger partial charge is 0.496 e. The molecule has 2 aromatic carbocycles. The van der Waals surface area contributed by atoms with Crippen LogP contribution in [-0.2, 0) is 6.54 Å². The van der Waals surface area contributed by atoms with Crippen molar-refractivity contribution >= 4 is 0 Å². The molecule has 0 fully saturated rings. The van der Waals surface area contributed by atoms with Crippen molar-refractivity contribution in [2.24, 2.45) is 0 Å². The molecule has 0 saturated carbocycles. The number of benzene rings is 2. The second-order valence-electron chi connectivity index (χ2n) is 4.56. The van der Waals surface area contributed by atoms with Crippen LogP contribution in [0.3, 0.4) is 0 Å². The number of halogens is 2. The van der Waals surface area contributed by atoms with E-state index in [1.54, 1.807) is 13.2 Å². The molecular formula is C16H17F2NO. The molecule has 0 radical (unpaired) electrons. The number of rotatable bonds is 5. The normalized spacial score (nSPS) is 12.2. The minimum Gasteiger partial charge on any atom is -0.496 e. The number of para-hydroxylation sites is 1. The highest BCUT2D eigenvalue weighted by Gasteiger charge is 2.12. The van der Waals surface area contributed by atoms with Gasteiger partial charge in [-0.2, -0.15) is 0 Å². The molecule has 106 valence electrons. The molecule has 1 N–H and O–H groups in total. The Hall–Kier alpha value is -1.94. The van der Waals surface area contributed by atoms with Crippen LogP contribution in [0.15, 0.2) is 42.5 Å². The van der Waals surface area contributed by atoms with E-state index in [1.807, 2.05) is 31.2 Å². The summed E-state index contributed by atoms with van der Waals surface area (Å²) in [5.74, 6) is -0.853. The zero-order valence-electron chi connectivity index (χ0n) is 11.5. The van der Waals surface area contributed by atoms with Gasteiger partial charge in [-0.25, -0.2) is 8.78 Å². The van der Waals surface area contributed by atoms with Crippen molar-refractivity contribution < 1.29 is 13.5 Å². The maximum absolute atomic E-state index is 13.6. The maximum Gasteiger partial charge on any atom is 0.163 e. The Bertz CT molecular complexity index is 586. The van der Waals surface area contributed by atoms with E-state index in [1.165, 1.54) is 6.07 Å². The predicted molar refractivity (Wildman–Crippen MR) is 74.6 cm³/mol. The molecule has 0 bridgehead atoms. The average Bonchev–Trinajstić information content (AvgIpc) is 2.48. The summed E-state index contributed by atoms with van der Waals surface area (Å²) in [6.45, 7) is 2.21. The number of hydrogen-bond acceptors (Lipinski definition) is 2. The fraction of sp³-hybridized carbons (Fsp3) is 0.250. The van der Waals surface area contributed by atoms with Crippen molar-refractivity contribution in [2.45, 2.75) is 19.5 Å². The molecule has 0 aromatic heterocycles. The van der Waals surface area contributed by atoms with Crippen LogP contribution in [0.5, 0.6) is 5.75 Å². The van der Waals surface area contributed by atoms with Gasteiger partial charge in [-0.1, -0.05) is 30.3 Å². The third-order valence-electron chi connectivity index (χ3n) is 3.24. The molecule has 0 saturated heterocycles. The Kier molecular flexibility index (Phi) is 4.69. The van der Waals surface area contributed by atoms with Gasteiger partial charge in [0, 0.05) is 23.7 Å². The Morgan fingerprint density at radius 2 is 1.85 bits per heavy atom. The molecule has 2 rings (SSSR count). The van der Waals surface area contributed by atoms with E-state index in [9.17, 15) is 8.78 Å². The van der Waals surface area contributed by atoms with Crippen molar-refractivity contribution in [3.63, 3.8) is 0 Å². The summed E-state index contributed by atoms with van der Waals surface area (Å²) < 4.78 is 32.0. The van der Waals surface area contributed by atoms with Gasteiger partial charge in [0.1, 0.15) is 5.75 Å². The fourth-order valence-electron chi connectivity index (χ4n) is 2.08. The van der Waals surface area contributed by atoms with Crippen LogP contribution < -0.4 is 10.1 Å². The summed E-state index contributed by atoms with van der Waals surface area (Å²) in [6, 6.07) is 11.8. The van der Waals surface area contributed by atoms with E-state index in [0.29, 0.717) is 5.56 Å². The van der Waals surface area contributed by atoms with Gasteiger partial charge < -0.3 is 10.1 Å². The SMILES string of the molecule is COc1ccccc1[C@@H](C)NCc1cccc(F)c1F. The highest BCUT2D eigenvalue weighted by molar-refractivity contribution is 5.35. The van der Waals surface area contributed by atoms with Gasteiger partial charge >= 0.3 is 0 Å². The summed E-state index contributed by atoms with van der Waals surface area (Å²) in [5, 5.41) is 3.17. The van der Waals surface area contributed by atoms with Gasteiger partial charge in [0.05, 0.1) is 7.11 Å². The van der Waals surface area contributed by atoms with Crippen LogP contribution in [0.25, 0.3) is 0 Å². The van der Waals surface area contributed by atoms with Crippen molar-refractivity contribution in [3.8, 4) is 5.75 Å². The first kappa shape index (κ1) is 14.5. The maximum atomic E-state index is 13.6. The smallest absolute Gasteiger partial charge is 0.163 e. The molecule has 0 amide bonds. The molecule has 2 nitrogen and oxygen atoms in total. The van der Waals surface area contributed by atoms with E-state index >= 15 is 0 Å². The zero-order valence-corrected chi connectivity index (χ0v) is 11.5. The van der Waals surface area contributed by atoms with E-state index in [0.717, 1.165) is 17.4 Å². The van der Waals surface area contributed by atoms with Gasteiger partial charge in [-0.15, -0.1) is 0 Å². The number of ether oxygens (including phenoxy) is 1. The lowest BCUT2D eigenvalue weighted by Gasteiger charge is -2.17. The second kappa shape index (κ2) is 6.48. The third kappa shape index (κ3) is 3.14. The molecule has 4 heteroatoms. The Morgan fingerprint density at radius 1 is 1.10 bits per heavy atom. The summed E-state index contributed by atoms with van der Waals surface area (Å²) in [6.07, 6.45) is 0. The molecule has 0 aliphatic carbocycles. The summed E-state index contributed by atoms with van der Waals surface area (Å²) >= 11 is 0. The quantitative estimate of drug-likeness (QED) is 0.897. The minimum absolute atomic E-state index is 0.0335. The number of methoxy groups -OCH3 is 1. The molecular weight excluding hydrogens is 260 g/mol. The molecule has 0 aliphatic heterocycles. The number of hydrogen-bond donors (Lipinski definition) is 1. The molecule has 0 spiro atoms. The van der Waals surface area contributed by atoms with E-state index in [4.69, 9.17) is 4.74 Å². The van der Waals surface area contributed by atoms with Gasteiger partial charge in [0.2, 0.25) is 0 Å². The standard InChI is InChI=1S/C16H17F2NO/c1-11(13-7-3-4-9-15(13)20-2)19-10-12-6-5-8-14(17)16(12)18/h3-9,11,19H,10H2,1-2H3/t11-/m1/s1. The monoisotopic (exact) mass is 277 g/mol. The predicted octanol–water partition coefficient (Wildman–Crippen LogP) is 3.82. The minimum atomic E-state index is -0.825. The summed E-state index contributed by atoms with van der Waals surface area (Å²) in [5.41, 5.74) is 1.29. The molecule has 2 aromatic rings. The van der Waals surface area contributed by atoms with Crippen LogP contribution in [0.2, 0.25) is 0 Å². The second-order valence-corrected chi connectivity index (χ2v) is 4.56. The first-order valence-electron chi connectivity index (χ1n) is 6.42. The van der Waals surface area contributed by atoms with Gasteiger partial charge in [-0.3, -0.25) is 0 Å². The van der Waals surface area contributed by atoms with Crippen molar-refractivity contribution in [2.75, 3.05) is 7.11 Å². The lowest BCUT2D eigenvalue weighted by molar-refractivity contribution is 0.401. The first-order valence-corrected chi connectivity index (χ1v) is 6.42. The van der Waals surface area contributed by atoms with E-state index in [-0.39, 0.29) is 12.6 Å². The molecule has 20 heavy (non-hydrogen) atoms. The first-order chi connectivity index (χ1) is 9.63. The highest BCUT2D eigenvalue weighted by Crippen LogP contribution is 2.24. The van der Waals surface area contributed by atoms with Gasteiger partial charge in [-0.05, 0) is 19.1 Å². The van der Waals surface area contributed by atoms with Crippen LogP contribution in [0, 0.1) is 11.6 Å². The Balaban J connectivity index is 2.09. The Labute approximate surface area is 117 Å². The lowest BCUT2D eigenvalue weighted by Crippen LogP contribution is -2.19. The molecule has 0 heterocycles. The molecule has 0 unspecified atom stereocenters. The van der Waals surface area contributed by atoms with E-state index in [2.05, 4.69) is 5.32 Å². The van der Waals surface area contributed by atoms with Crippen LogP contribution in [-0.4, -0.2) is 7.11 Å². The van der Waals surface area contributed by atoms with Gasteiger partial charge in [0.15, 0.2) is 11.6 Å². The highest BCUT2D eigenvalue weighted by atomic mass is 19.2. The van der Waals surface area contributed by atoms with Crippen molar-refractivity contribution in [1.29, 1.82) is 0 Å². The fourth-order valence-corrected chi connectivity index (χ4v) is 2.08. The van der Waals surface area contributed by atoms with Gasteiger partial charge in [0.25, 0.3) is 0 Å². The summed E-state index contributed by atoms with van der Waals surface area (Å²) in [4.78, 5) is 0. The topological polar surface area (TPSA) is 21.3 Å². The van der Waals surface area contributed by atoms with Crippen LogP contribution >= 0.6 is 0 Å². The van der Waals surface area contributed by atoms with Crippen LogP contribution in [0.4, 0.5) is 8.78 Å². The molecule has 1 atom stereocenters. The van der Waals surface area contributed by atoms with Crippen LogP contribution in [0.1, 0.15) is 24.1 Å².